The second-order valence-corrected chi connectivity index (χ2v) is 3.69. The zero-order valence-electron chi connectivity index (χ0n) is 6.83. The number of aromatic nitrogens is 1. The molecule has 1 aromatic rings. The molecule has 0 spiro atoms. The Kier molecular flexibility index (Phi) is 2.19. The van der Waals surface area contributed by atoms with Crippen LogP contribution >= 0.6 is 15.9 Å². The van der Waals surface area contributed by atoms with Crippen molar-refractivity contribution in [1.82, 2.24) is 4.98 Å². The third-order valence-corrected chi connectivity index (χ3v) is 2.35. The van der Waals surface area contributed by atoms with Crippen molar-refractivity contribution in [3.8, 4) is 11.8 Å². The predicted molar refractivity (Wildman–Crippen MR) is 50.3 cm³/mol. The normalized spacial score (nSPS) is 15.1. The molecule has 1 heterocycles. The Morgan fingerprint density at radius 1 is 1.62 bits per heavy atom. The van der Waals surface area contributed by atoms with E-state index in [-0.39, 0.29) is 0 Å². The number of hydrogen-bond acceptors (Lipinski definition) is 3. The van der Waals surface area contributed by atoms with E-state index in [1.54, 1.807) is 6.07 Å². The van der Waals surface area contributed by atoms with Crippen LogP contribution in [0.1, 0.15) is 18.4 Å². The van der Waals surface area contributed by atoms with Gasteiger partial charge in [0, 0.05) is 12.3 Å². The van der Waals surface area contributed by atoms with Crippen LogP contribution < -0.4 is 4.74 Å². The van der Waals surface area contributed by atoms with Gasteiger partial charge in [0.1, 0.15) is 10.7 Å². The monoisotopic (exact) mass is 238 g/mol. The summed E-state index contributed by atoms with van der Waals surface area (Å²) in [6.07, 6.45) is 4.04. The Labute approximate surface area is 84.5 Å². The fraction of sp³-hybridized carbons (Fsp3) is 0.333. The Balaban J connectivity index is 2.25. The van der Waals surface area contributed by atoms with E-state index in [0.29, 0.717) is 22.0 Å². The van der Waals surface area contributed by atoms with Gasteiger partial charge < -0.3 is 4.74 Å². The van der Waals surface area contributed by atoms with Crippen molar-refractivity contribution in [2.24, 2.45) is 0 Å². The first-order valence-electron chi connectivity index (χ1n) is 4.02. The third kappa shape index (κ3) is 1.99. The van der Waals surface area contributed by atoms with Gasteiger partial charge >= 0.3 is 0 Å². The number of pyridine rings is 1. The molecule has 0 amide bonds. The highest BCUT2D eigenvalue weighted by molar-refractivity contribution is 9.10. The molecule has 0 bridgehead atoms. The number of hydrogen-bond donors (Lipinski definition) is 0. The van der Waals surface area contributed by atoms with Gasteiger partial charge in [0.2, 0.25) is 0 Å². The Hall–Kier alpha value is -1.08. The average Bonchev–Trinajstić information content (AvgIpc) is 2.93. The van der Waals surface area contributed by atoms with Gasteiger partial charge in [-0.3, -0.25) is 0 Å². The van der Waals surface area contributed by atoms with Crippen molar-refractivity contribution in [3.63, 3.8) is 0 Å². The minimum absolute atomic E-state index is 0.326. The average molecular weight is 239 g/mol. The Morgan fingerprint density at radius 2 is 2.38 bits per heavy atom. The first-order chi connectivity index (χ1) is 6.29. The number of rotatable bonds is 2. The molecule has 13 heavy (non-hydrogen) atoms. The Morgan fingerprint density at radius 3 is 3.00 bits per heavy atom. The lowest BCUT2D eigenvalue weighted by Crippen LogP contribution is -1.98. The summed E-state index contributed by atoms with van der Waals surface area (Å²) in [5.74, 6) is 0.668. The van der Waals surface area contributed by atoms with Crippen LogP contribution in [0.3, 0.4) is 0 Å². The molecular formula is C9H7BrN2O. The molecule has 0 aromatic carbocycles. The summed E-state index contributed by atoms with van der Waals surface area (Å²) in [4.78, 5) is 4.00. The molecule has 0 saturated heterocycles. The van der Waals surface area contributed by atoms with Crippen LogP contribution in [0.25, 0.3) is 0 Å². The van der Waals surface area contributed by atoms with Crippen LogP contribution in [0.4, 0.5) is 0 Å². The molecule has 1 aliphatic rings. The molecule has 1 saturated carbocycles. The maximum absolute atomic E-state index is 8.64. The molecule has 4 heteroatoms. The molecule has 1 aliphatic carbocycles. The molecule has 0 N–H and O–H groups in total. The van der Waals surface area contributed by atoms with Crippen LogP contribution in [-0.2, 0) is 0 Å². The highest BCUT2D eigenvalue weighted by Crippen LogP contribution is 2.31. The van der Waals surface area contributed by atoms with Crippen molar-refractivity contribution in [1.29, 1.82) is 5.26 Å². The summed E-state index contributed by atoms with van der Waals surface area (Å²) >= 11 is 3.27. The van der Waals surface area contributed by atoms with Crippen molar-refractivity contribution >= 4 is 15.9 Å². The first-order valence-corrected chi connectivity index (χ1v) is 4.81. The molecule has 0 radical (unpaired) electrons. The second kappa shape index (κ2) is 3.35. The predicted octanol–water partition coefficient (Wildman–Crippen LogP) is 2.26. The van der Waals surface area contributed by atoms with Gasteiger partial charge in [0.25, 0.3) is 0 Å². The van der Waals surface area contributed by atoms with Gasteiger partial charge in [-0.1, -0.05) is 0 Å². The van der Waals surface area contributed by atoms with Crippen molar-refractivity contribution in [3.05, 3.63) is 22.4 Å². The zero-order chi connectivity index (χ0) is 9.26. The summed E-state index contributed by atoms with van der Waals surface area (Å²) in [5, 5.41) is 8.64. The van der Waals surface area contributed by atoms with Crippen molar-refractivity contribution in [2.45, 2.75) is 18.9 Å². The summed E-state index contributed by atoms with van der Waals surface area (Å²) < 4.78 is 6.20. The van der Waals surface area contributed by atoms with Gasteiger partial charge in [0.05, 0.1) is 11.7 Å². The van der Waals surface area contributed by atoms with Gasteiger partial charge in [-0.25, -0.2) is 4.98 Å². The summed E-state index contributed by atoms with van der Waals surface area (Å²) in [6, 6.07) is 3.73. The lowest BCUT2D eigenvalue weighted by molar-refractivity contribution is 0.299. The molecule has 0 unspecified atom stereocenters. The van der Waals surface area contributed by atoms with Gasteiger partial charge in [0.15, 0.2) is 5.75 Å². The number of nitriles is 1. The fourth-order valence-electron chi connectivity index (χ4n) is 0.937. The number of halogens is 1. The maximum Gasteiger partial charge on any atom is 0.153 e. The molecule has 66 valence electrons. The lowest BCUT2D eigenvalue weighted by Gasteiger charge is -2.05. The first kappa shape index (κ1) is 8.52. The SMILES string of the molecule is N#Cc1cnc(Br)c(OC2CC2)c1. The highest BCUT2D eigenvalue weighted by Gasteiger charge is 2.24. The molecule has 2 rings (SSSR count). The molecular weight excluding hydrogens is 232 g/mol. The van der Waals surface area contributed by atoms with Crippen LogP contribution in [0, 0.1) is 11.3 Å². The number of nitrogens with zero attached hydrogens (tertiary/aromatic N) is 2. The van der Waals surface area contributed by atoms with E-state index in [1.807, 2.05) is 6.07 Å². The topological polar surface area (TPSA) is 45.9 Å². The minimum Gasteiger partial charge on any atom is -0.488 e. The second-order valence-electron chi connectivity index (χ2n) is 2.94. The molecule has 1 fully saturated rings. The summed E-state index contributed by atoms with van der Waals surface area (Å²) in [7, 11) is 0. The summed E-state index contributed by atoms with van der Waals surface area (Å²) in [6.45, 7) is 0. The van der Waals surface area contributed by atoms with Crippen LogP contribution in [-0.4, -0.2) is 11.1 Å². The van der Waals surface area contributed by atoms with Crippen molar-refractivity contribution < 1.29 is 4.74 Å². The van der Waals surface area contributed by atoms with Gasteiger partial charge in [-0.2, -0.15) is 5.26 Å². The Bertz CT molecular complexity index is 368. The molecule has 0 aliphatic heterocycles. The molecule has 3 nitrogen and oxygen atoms in total. The van der Waals surface area contributed by atoms with Gasteiger partial charge in [-0.15, -0.1) is 0 Å². The van der Waals surface area contributed by atoms with Crippen LogP contribution in [0.15, 0.2) is 16.9 Å². The quantitative estimate of drug-likeness (QED) is 0.743. The zero-order valence-corrected chi connectivity index (χ0v) is 8.41. The van der Waals surface area contributed by atoms with E-state index >= 15 is 0 Å². The van der Waals surface area contributed by atoms with E-state index in [2.05, 4.69) is 20.9 Å². The third-order valence-electron chi connectivity index (χ3n) is 1.75. The van der Waals surface area contributed by atoms with E-state index in [0.717, 1.165) is 12.8 Å². The highest BCUT2D eigenvalue weighted by atomic mass is 79.9. The largest absolute Gasteiger partial charge is 0.488 e. The lowest BCUT2D eigenvalue weighted by atomic mass is 10.3. The van der Waals surface area contributed by atoms with Gasteiger partial charge in [-0.05, 0) is 28.8 Å². The van der Waals surface area contributed by atoms with E-state index in [1.165, 1.54) is 6.20 Å². The standard InChI is InChI=1S/C9H7BrN2O/c10-9-8(13-7-1-2-7)3-6(4-11)5-12-9/h3,5,7H,1-2H2. The van der Waals surface area contributed by atoms with E-state index in [4.69, 9.17) is 10.00 Å². The smallest absolute Gasteiger partial charge is 0.153 e. The number of ether oxygens (including phenoxy) is 1. The van der Waals surface area contributed by atoms with E-state index < -0.39 is 0 Å². The molecule has 0 atom stereocenters. The van der Waals surface area contributed by atoms with E-state index in [9.17, 15) is 0 Å². The maximum atomic E-state index is 8.64. The van der Waals surface area contributed by atoms with Crippen LogP contribution in [0.2, 0.25) is 0 Å². The summed E-state index contributed by atoms with van der Waals surface area (Å²) in [5.41, 5.74) is 0.527. The van der Waals surface area contributed by atoms with Crippen LogP contribution in [0.5, 0.6) is 5.75 Å². The minimum atomic E-state index is 0.326. The fourth-order valence-corrected chi connectivity index (χ4v) is 1.25. The van der Waals surface area contributed by atoms with Crippen molar-refractivity contribution in [2.75, 3.05) is 0 Å². The molecule has 1 aromatic heterocycles.